The van der Waals surface area contributed by atoms with Gasteiger partial charge in [-0.1, -0.05) is 266 Å². The van der Waals surface area contributed by atoms with Gasteiger partial charge in [0.05, 0.1) is 0 Å². The molecular weight excluding hydrogens is 769 g/mol. The third-order valence-electron chi connectivity index (χ3n) is 12.6. The molecule has 0 aliphatic rings. The van der Waals surface area contributed by atoms with Gasteiger partial charge in [-0.25, -0.2) is 0 Å². The second kappa shape index (κ2) is 47.4. The van der Waals surface area contributed by atoms with Crippen LogP contribution in [-0.4, -0.2) is 37.2 Å². The first kappa shape index (κ1) is 60.4. The Kier molecular flexibility index (Phi) is 46.2. The zero-order valence-corrected chi connectivity index (χ0v) is 42.7. The third kappa shape index (κ3) is 49.4. The number of hydrogen-bond acceptors (Lipinski definition) is 6. The molecule has 0 rings (SSSR count). The van der Waals surface area contributed by atoms with E-state index in [1.54, 1.807) is 0 Å². The maximum absolute atomic E-state index is 12.8. The summed E-state index contributed by atoms with van der Waals surface area (Å²) in [6, 6.07) is 0. The molecule has 1 atom stereocenters. The van der Waals surface area contributed by atoms with Crippen LogP contribution in [-0.2, 0) is 28.6 Å². The van der Waals surface area contributed by atoms with Crippen LogP contribution in [0.3, 0.4) is 0 Å². The van der Waals surface area contributed by atoms with Crippen LogP contribution in [0.4, 0.5) is 0 Å². The van der Waals surface area contributed by atoms with Crippen molar-refractivity contribution in [2.75, 3.05) is 13.2 Å². The van der Waals surface area contributed by atoms with Gasteiger partial charge in [0, 0.05) is 19.3 Å². The van der Waals surface area contributed by atoms with E-state index in [-0.39, 0.29) is 31.1 Å². The highest BCUT2D eigenvalue weighted by Gasteiger charge is 2.19. The van der Waals surface area contributed by atoms with Crippen molar-refractivity contribution in [1.82, 2.24) is 0 Å². The van der Waals surface area contributed by atoms with E-state index >= 15 is 0 Å². The molecule has 0 aliphatic carbocycles. The lowest BCUT2D eigenvalue weighted by atomic mass is 10.0. The summed E-state index contributed by atoms with van der Waals surface area (Å²) in [7, 11) is 0. The first-order valence-electron chi connectivity index (χ1n) is 27.6. The van der Waals surface area contributed by atoms with Gasteiger partial charge < -0.3 is 14.2 Å². The van der Waals surface area contributed by atoms with Crippen LogP contribution in [0, 0.1) is 17.8 Å². The maximum Gasteiger partial charge on any atom is 0.306 e. The summed E-state index contributed by atoms with van der Waals surface area (Å²) in [6.07, 6.45) is 48.1. The molecule has 62 heavy (non-hydrogen) atoms. The van der Waals surface area contributed by atoms with E-state index in [1.807, 2.05) is 0 Å². The molecule has 0 bridgehead atoms. The van der Waals surface area contributed by atoms with Crippen LogP contribution in [0.15, 0.2) is 0 Å². The second-order valence-electron chi connectivity index (χ2n) is 20.6. The fourth-order valence-electron chi connectivity index (χ4n) is 8.47. The Morgan fingerprint density at radius 2 is 0.468 bits per heavy atom. The molecular formula is C56H108O6. The van der Waals surface area contributed by atoms with Crippen LogP contribution in [0.25, 0.3) is 0 Å². The summed E-state index contributed by atoms with van der Waals surface area (Å²) in [5, 5.41) is 0. The monoisotopic (exact) mass is 877 g/mol. The van der Waals surface area contributed by atoms with Crippen molar-refractivity contribution >= 4 is 17.9 Å². The molecule has 6 heteroatoms. The molecule has 0 amide bonds. The van der Waals surface area contributed by atoms with Gasteiger partial charge >= 0.3 is 17.9 Å². The quantitative estimate of drug-likeness (QED) is 0.0344. The van der Waals surface area contributed by atoms with Gasteiger partial charge in [-0.2, -0.15) is 0 Å². The molecule has 0 unspecified atom stereocenters. The average Bonchev–Trinajstić information content (AvgIpc) is 3.23. The smallest absolute Gasteiger partial charge is 0.306 e. The first-order chi connectivity index (χ1) is 30.1. The highest BCUT2D eigenvalue weighted by molar-refractivity contribution is 5.71. The van der Waals surface area contributed by atoms with Crippen LogP contribution in [0.1, 0.15) is 305 Å². The summed E-state index contributed by atoms with van der Waals surface area (Å²) >= 11 is 0. The number of ether oxygens (including phenoxy) is 3. The van der Waals surface area contributed by atoms with Crippen LogP contribution >= 0.6 is 0 Å². The van der Waals surface area contributed by atoms with E-state index < -0.39 is 6.10 Å². The van der Waals surface area contributed by atoms with Gasteiger partial charge in [0.15, 0.2) is 6.10 Å². The van der Waals surface area contributed by atoms with E-state index in [1.165, 1.54) is 186 Å². The molecule has 6 nitrogen and oxygen atoms in total. The Bertz CT molecular complexity index is 960. The summed E-state index contributed by atoms with van der Waals surface area (Å²) in [5.41, 5.74) is 0. The Morgan fingerprint density at radius 3 is 0.694 bits per heavy atom. The lowest BCUT2D eigenvalue weighted by Gasteiger charge is -2.18. The van der Waals surface area contributed by atoms with Crippen molar-refractivity contribution in [3.05, 3.63) is 0 Å². The maximum atomic E-state index is 12.8. The van der Waals surface area contributed by atoms with Crippen molar-refractivity contribution < 1.29 is 28.6 Å². The molecule has 0 aromatic heterocycles. The van der Waals surface area contributed by atoms with Gasteiger partial charge in [0.2, 0.25) is 0 Å². The van der Waals surface area contributed by atoms with Crippen LogP contribution in [0.5, 0.6) is 0 Å². The zero-order chi connectivity index (χ0) is 45.6. The van der Waals surface area contributed by atoms with Crippen molar-refractivity contribution in [1.29, 1.82) is 0 Å². The Hall–Kier alpha value is -1.59. The van der Waals surface area contributed by atoms with Gasteiger partial charge in [-0.15, -0.1) is 0 Å². The largest absolute Gasteiger partial charge is 0.462 e. The van der Waals surface area contributed by atoms with Crippen LogP contribution < -0.4 is 0 Å². The topological polar surface area (TPSA) is 78.9 Å². The van der Waals surface area contributed by atoms with Crippen LogP contribution in [0.2, 0.25) is 0 Å². The van der Waals surface area contributed by atoms with Gasteiger partial charge in [0.1, 0.15) is 13.2 Å². The fraction of sp³-hybridized carbons (Fsp3) is 0.946. The minimum atomic E-state index is -0.763. The van der Waals surface area contributed by atoms with Gasteiger partial charge in [-0.3, -0.25) is 14.4 Å². The van der Waals surface area contributed by atoms with Crippen molar-refractivity contribution in [2.45, 2.75) is 311 Å². The Balaban J connectivity index is 4.26. The summed E-state index contributed by atoms with van der Waals surface area (Å²) in [4.78, 5) is 38.0. The Morgan fingerprint density at radius 1 is 0.274 bits per heavy atom. The van der Waals surface area contributed by atoms with E-state index in [9.17, 15) is 14.4 Å². The molecule has 0 aliphatic heterocycles. The molecule has 0 N–H and O–H groups in total. The number of rotatable bonds is 49. The summed E-state index contributed by atoms with van der Waals surface area (Å²) in [6.45, 7) is 13.7. The first-order valence-corrected chi connectivity index (χ1v) is 27.6. The number of carbonyl (C=O) groups excluding carboxylic acids is 3. The van der Waals surface area contributed by atoms with Crippen molar-refractivity contribution in [2.24, 2.45) is 17.8 Å². The predicted octanol–water partition coefficient (Wildman–Crippen LogP) is 17.9. The molecule has 0 aromatic carbocycles. The summed E-state index contributed by atoms with van der Waals surface area (Å²) in [5.74, 6) is 1.63. The molecule has 0 heterocycles. The zero-order valence-electron chi connectivity index (χ0n) is 42.7. The molecule has 0 spiro atoms. The summed E-state index contributed by atoms with van der Waals surface area (Å²) < 4.78 is 16.8. The van der Waals surface area contributed by atoms with Gasteiger partial charge in [-0.05, 0) is 37.0 Å². The second-order valence-corrected chi connectivity index (χ2v) is 20.6. The van der Waals surface area contributed by atoms with E-state index in [4.69, 9.17) is 14.2 Å². The minimum absolute atomic E-state index is 0.0643. The van der Waals surface area contributed by atoms with E-state index in [2.05, 4.69) is 41.5 Å². The minimum Gasteiger partial charge on any atom is -0.462 e. The number of unbranched alkanes of at least 4 members (excludes halogenated alkanes) is 32. The molecule has 368 valence electrons. The molecule has 0 aromatic rings. The SMILES string of the molecule is CC(C)CCCCCCCCCCCCCCCCCCC(=O)OC[C@H](COC(=O)CCCCCCCCCCCC(C)C)OC(=O)CCCCCCCCCCCCC(C)C. The van der Waals surface area contributed by atoms with E-state index in [0.717, 1.165) is 75.5 Å². The standard InChI is InChI=1S/C56H108O6/c1-50(2)42-36-30-24-18-13-11-9-7-8-10-12-14-21-27-33-39-45-54(57)60-48-53(49-61-55(58)46-40-34-28-23-17-20-26-32-38-44-52(5)6)62-56(59)47-41-35-29-22-16-15-19-25-31-37-43-51(3)4/h50-53H,7-49H2,1-6H3/t53-/m1/s1. The lowest BCUT2D eigenvalue weighted by Crippen LogP contribution is -2.30. The molecule has 0 fully saturated rings. The lowest BCUT2D eigenvalue weighted by molar-refractivity contribution is -0.167. The predicted molar refractivity (Wildman–Crippen MR) is 266 cm³/mol. The van der Waals surface area contributed by atoms with Gasteiger partial charge in [0.25, 0.3) is 0 Å². The third-order valence-corrected chi connectivity index (χ3v) is 12.6. The average molecular weight is 877 g/mol. The molecule has 0 radical (unpaired) electrons. The van der Waals surface area contributed by atoms with Crippen molar-refractivity contribution in [3.8, 4) is 0 Å². The normalized spacial score (nSPS) is 12.1. The molecule has 0 saturated heterocycles. The Labute approximate surface area is 387 Å². The number of carbonyl (C=O) groups is 3. The van der Waals surface area contributed by atoms with E-state index in [0.29, 0.717) is 19.3 Å². The highest BCUT2D eigenvalue weighted by atomic mass is 16.6. The molecule has 0 saturated carbocycles. The van der Waals surface area contributed by atoms with Crippen molar-refractivity contribution in [3.63, 3.8) is 0 Å². The highest BCUT2D eigenvalue weighted by Crippen LogP contribution is 2.18. The number of hydrogen-bond donors (Lipinski definition) is 0. The number of esters is 3. The fourth-order valence-corrected chi connectivity index (χ4v) is 8.47.